The van der Waals surface area contributed by atoms with E-state index in [9.17, 15) is 4.48 Å². The second-order valence-corrected chi connectivity index (χ2v) is 2.31. The summed E-state index contributed by atoms with van der Waals surface area (Å²) in [6.07, 6.45) is 1.56. The van der Waals surface area contributed by atoms with Gasteiger partial charge >= 0.3 is 0 Å². The van der Waals surface area contributed by atoms with E-state index in [1.165, 1.54) is 0 Å². The average Bonchev–Trinajstić information content (AvgIpc) is 2.15. The topological polar surface area (TPSA) is 24.1 Å². The van der Waals surface area contributed by atoms with Crippen LogP contribution in [-0.2, 0) is 0 Å². The first-order chi connectivity index (χ1) is 5.88. The number of hydrogen-bond donors (Lipinski definition) is 2. The highest BCUT2D eigenvalue weighted by molar-refractivity contribution is 5.62. The molecule has 0 saturated heterocycles. The van der Waals surface area contributed by atoms with Gasteiger partial charge in [-0.05, 0) is 0 Å². The summed E-state index contributed by atoms with van der Waals surface area (Å²) in [6.45, 7) is 0. The lowest BCUT2D eigenvalue weighted by molar-refractivity contribution is 0.419. The summed E-state index contributed by atoms with van der Waals surface area (Å²) in [6, 6.07) is 9.26. The molecular weight excluding hydrogens is 155 g/mol. The normalized spacial score (nSPS) is 11.0. The molecule has 0 radical (unpaired) electrons. The molecule has 0 aliphatic heterocycles. The Kier molecular flexibility index (Phi) is 3.14. The fourth-order valence-corrected chi connectivity index (χ4v) is 0.927. The lowest BCUT2D eigenvalue weighted by Crippen LogP contribution is -2.04. The highest BCUT2D eigenvalue weighted by atomic mass is 19.2. The first kappa shape index (κ1) is 8.59. The van der Waals surface area contributed by atoms with E-state index < -0.39 is 0 Å². The van der Waals surface area contributed by atoms with E-state index in [4.69, 9.17) is 0 Å². The minimum absolute atomic E-state index is 0.429. The zero-order chi connectivity index (χ0) is 8.81. The number of rotatable bonds is 3. The van der Waals surface area contributed by atoms with Crippen LogP contribution in [0.2, 0.25) is 0 Å². The van der Waals surface area contributed by atoms with E-state index in [0.29, 0.717) is 5.70 Å². The predicted octanol–water partition coefficient (Wildman–Crippen LogP) is 1.68. The van der Waals surface area contributed by atoms with Gasteiger partial charge in [0.25, 0.3) is 0 Å². The quantitative estimate of drug-likeness (QED) is 0.667. The van der Waals surface area contributed by atoms with Gasteiger partial charge in [-0.1, -0.05) is 30.3 Å². The van der Waals surface area contributed by atoms with Gasteiger partial charge in [-0.2, -0.15) is 0 Å². The van der Waals surface area contributed by atoms with Gasteiger partial charge in [0, 0.05) is 18.8 Å². The molecule has 0 amide bonds. The largest absolute Gasteiger partial charge is 0.392 e. The molecule has 0 spiro atoms. The third-order valence-electron chi connectivity index (χ3n) is 1.48. The Morgan fingerprint density at radius 3 is 2.50 bits per heavy atom. The SMILES string of the molecule is CN/C=C(\NF)c1ccccc1. The van der Waals surface area contributed by atoms with Crippen molar-refractivity contribution in [2.45, 2.75) is 0 Å². The molecule has 0 atom stereocenters. The van der Waals surface area contributed by atoms with Crippen molar-refractivity contribution < 1.29 is 4.48 Å². The number of halogens is 1. The molecule has 3 heteroatoms. The van der Waals surface area contributed by atoms with Crippen LogP contribution in [0.5, 0.6) is 0 Å². The molecule has 1 rings (SSSR count). The summed E-state index contributed by atoms with van der Waals surface area (Å²) in [5.74, 6) is 0. The van der Waals surface area contributed by atoms with Crippen molar-refractivity contribution in [2.75, 3.05) is 7.05 Å². The van der Waals surface area contributed by atoms with Crippen LogP contribution in [0.15, 0.2) is 36.5 Å². The first-order valence-electron chi connectivity index (χ1n) is 3.68. The fourth-order valence-electron chi connectivity index (χ4n) is 0.927. The van der Waals surface area contributed by atoms with Gasteiger partial charge in [0.1, 0.15) is 0 Å². The standard InChI is InChI=1S/C9H11FN2/c1-11-7-9(12-10)8-5-3-2-4-6-8/h2-7,11-12H,1H3/b9-7-. The lowest BCUT2D eigenvalue weighted by atomic mass is 10.2. The van der Waals surface area contributed by atoms with Crippen LogP contribution in [0.4, 0.5) is 4.48 Å². The van der Waals surface area contributed by atoms with Crippen LogP contribution in [0, 0.1) is 0 Å². The molecule has 0 bridgehead atoms. The molecule has 64 valence electrons. The Morgan fingerprint density at radius 1 is 1.33 bits per heavy atom. The zero-order valence-corrected chi connectivity index (χ0v) is 6.84. The van der Waals surface area contributed by atoms with Gasteiger partial charge in [-0.3, -0.25) is 0 Å². The lowest BCUT2D eigenvalue weighted by Gasteiger charge is -2.02. The minimum Gasteiger partial charge on any atom is -0.392 e. The first-order valence-corrected chi connectivity index (χ1v) is 3.68. The maximum absolute atomic E-state index is 12.2. The maximum Gasteiger partial charge on any atom is 0.0884 e. The van der Waals surface area contributed by atoms with Gasteiger partial charge in [0.05, 0.1) is 5.70 Å². The Bertz CT molecular complexity index is 256. The van der Waals surface area contributed by atoms with Crippen LogP contribution in [0.3, 0.4) is 0 Å². The summed E-state index contributed by atoms with van der Waals surface area (Å²) in [4.78, 5) is 0. The van der Waals surface area contributed by atoms with Crippen molar-refractivity contribution >= 4 is 5.70 Å². The summed E-state index contributed by atoms with van der Waals surface area (Å²) >= 11 is 0. The molecule has 0 aliphatic rings. The second-order valence-electron chi connectivity index (χ2n) is 2.31. The van der Waals surface area contributed by atoms with Crippen LogP contribution in [0.1, 0.15) is 5.56 Å². The monoisotopic (exact) mass is 166 g/mol. The van der Waals surface area contributed by atoms with E-state index >= 15 is 0 Å². The molecule has 0 unspecified atom stereocenters. The van der Waals surface area contributed by atoms with Crippen molar-refractivity contribution in [3.05, 3.63) is 42.1 Å². The fraction of sp³-hybridized carbons (Fsp3) is 0.111. The summed E-state index contributed by atoms with van der Waals surface area (Å²) < 4.78 is 12.2. The second kappa shape index (κ2) is 4.38. The van der Waals surface area contributed by atoms with Crippen molar-refractivity contribution in [2.24, 2.45) is 0 Å². The number of nitrogens with one attached hydrogen (secondary N) is 2. The van der Waals surface area contributed by atoms with Gasteiger partial charge in [-0.25, -0.2) is 5.54 Å². The van der Waals surface area contributed by atoms with Gasteiger partial charge in [0.2, 0.25) is 0 Å². The van der Waals surface area contributed by atoms with Gasteiger partial charge in [0.15, 0.2) is 0 Å². The molecule has 0 aromatic heterocycles. The van der Waals surface area contributed by atoms with E-state index in [-0.39, 0.29) is 0 Å². The highest BCUT2D eigenvalue weighted by Crippen LogP contribution is 2.09. The third kappa shape index (κ3) is 1.99. The van der Waals surface area contributed by atoms with E-state index in [0.717, 1.165) is 5.56 Å². The Hall–Kier alpha value is -1.51. The average molecular weight is 166 g/mol. The maximum atomic E-state index is 12.2. The summed E-state index contributed by atoms with van der Waals surface area (Å²) in [5, 5.41) is 2.75. The Balaban J connectivity index is 2.88. The summed E-state index contributed by atoms with van der Waals surface area (Å²) in [7, 11) is 1.72. The molecule has 0 heterocycles. The minimum atomic E-state index is 0.429. The third-order valence-corrected chi connectivity index (χ3v) is 1.48. The molecule has 2 N–H and O–H groups in total. The van der Waals surface area contributed by atoms with Crippen molar-refractivity contribution in [1.82, 2.24) is 10.9 Å². The van der Waals surface area contributed by atoms with Crippen molar-refractivity contribution in [3.8, 4) is 0 Å². The molecule has 2 nitrogen and oxygen atoms in total. The number of benzene rings is 1. The Labute approximate surface area is 71.0 Å². The highest BCUT2D eigenvalue weighted by Gasteiger charge is 1.97. The van der Waals surface area contributed by atoms with Gasteiger partial charge < -0.3 is 5.32 Å². The molecule has 12 heavy (non-hydrogen) atoms. The predicted molar refractivity (Wildman–Crippen MR) is 47.7 cm³/mol. The van der Waals surface area contributed by atoms with E-state index in [2.05, 4.69) is 5.32 Å². The van der Waals surface area contributed by atoms with E-state index in [1.54, 1.807) is 18.8 Å². The molecule has 1 aromatic carbocycles. The summed E-state index contributed by atoms with van der Waals surface area (Å²) in [5.41, 5.74) is 2.86. The van der Waals surface area contributed by atoms with Gasteiger partial charge in [-0.15, -0.1) is 4.48 Å². The molecular formula is C9H11FN2. The van der Waals surface area contributed by atoms with Crippen LogP contribution >= 0.6 is 0 Å². The number of hydrogen-bond acceptors (Lipinski definition) is 2. The van der Waals surface area contributed by atoms with Crippen LogP contribution in [0.25, 0.3) is 5.70 Å². The molecule has 1 aromatic rings. The van der Waals surface area contributed by atoms with Crippen molar-refractivity contribution in [3.63, 3.8) is 0 Å². The Morgan fingerprint density at radius 2 is 2.00 bits per heavy atom. The molecule has 0 saturated carbocycles. The van der Waals surface area contributed by atoms with Crippen LogP contribution < -0.4 is 10.9 Å². The zero-order valence-electron chi connectivity index (χ0n) is 6.84. The van der Waals surface area contributed by atoms with Crippen molar-refractivity contribution in [1.29, 1.82) is 0 Å². The van der Waals surface area contributed by atoms with E-state index in [1.807, 2.05) is 30.3 Å². The molecule has 0 aliphatic carbocycles. The van der Waals surface area contributed by atoms with Crippen LogP contribution in [-0.4, -0.2) is 7.05 Å². The molecule has 0 fully saturated rings. The smallest absolute Gasteiger partial charge is 0.0884 e.